The summed E-state index contributed by atoms with van der Waals surface area (Å²) < 4.78 is 67.0. The van der Waals surface area contributed by atoms with Gasteiger partial charge in [0.1, 0.15) is 11.6 Å². The Kier molecular flexibility index (Phi) is 7.55. The van der Waals surface area contributed by atoms with Gasteiger partial charge in [0.25, 0.3) is 0 Å². The molecule has 4 rings (SSSR count). The molecule has 0 atom stereocenters. The fourth-order valence-electron chi connectivity index (χ4n) is 3.99. The number of benzene rings is 4. The van der Waals surface area contributed by atoms with E-state index in [0.717, 1.165) is 42.7 Å². The van der Waals surface area contributed by atoms with Crippen molar-refractivity contribution in [2.45, 2.75) is 31.9 Å². The molecule has 0 unspecified atom stereocenters. The van der Waals surface area contributed by atoms with E-state index in [9.17, 15) is 17.6 Å². The molecule has 0 heterocycles. The fraction of sp³-hybridized carbons (Fsp3) is 0.161. The molecule has 0 aliphatic carbocycles. The number of fused-ring (bicyclic) bond motifs is 1. The third-order valence-electron chi connectivity index (χ3n) is 6.00. The highest BCUT2D eigenvalue weighted by atomic mass is 19.4. The summed E-state index contributed by atoms with van der Waals surface area (Å²) in [6, 6.07) is 19.8. The summed E-state index contributed by atoms with van der Waals surface area (Å²) in [4.78, 5) is 0. The van der Waals surface area contributed by atoms with Crippen LogP contribution in [0, 0.1) is 23.5 Å². The molecule has 0 N–H and O–H groups in total. The van der Waals surface area contributed by atoms with Gasteiger partial charge in [-0.25, -0.2) is 8.78 Å². The molecule has 0 saturated carbocycles. The van der Waals surface area contributed by atoms with Gasteiger partial charge in [0.15, 0.2) is 0 Å². The highest BCUT2D eigenvalue weighted by Crippen LogP contribution is 2.31. The Morgan fingerprint density at radius 3 is 2.06 bits per heavy atom. The Bertz CT molecular complexity index is 1450. The van der Waals surface area contributed by atoms with E-state index in [0.29, 0.717) is 17.5 Å². The zero-order valence-electron chi connectivity index (χ0n) is 19.4. The number of aryl methyl sites for hydroxylation is 3. The maximum atomic E-state index is 15.0. The summed E-state index contributed by atoms with van der Waals surface area (Å²) in [7, 11) is 0. The van der Waals surface area contributed by atoms with Crippen molar-refractivity contribution in [3.8, 4) is 11.8 Å². The lowest BCUT2D eigenvalue weighted by Crippen LogP contribution is -2.07. The lowest BCUT2D eigenvalue weighted by molar-refractivity contribution is -0.140. The molecule has 0 saturated heterocycles. The number of halogens is 5. The highest BCUT2D eigenvalue weighted by molar-refractivity contribution is 5.85. The quantitative estimate of drug-likeness (QED) is 0.145. The van der Waals surface area contributed by atoms with Crippen LogP contribution in [0.4, 0.5) is 22.0 Å². The average Bonchev–Trinajstić information content (AvgIpc) is 2.85. The Morgan fingerprint density at radius 2 is 1.39 bits per heavy atom. The predicted octanol–water partition coefficient (Wildman–Crippen LogP) is 8.44. The molecule has 0 radical (unpaired) electrons. The third-order valence-corrected chi connectivity index (χ3v) is 6.00. The Hall–Kier alpha value is -3.91. The predicted molar refractivity (Wildman–Crippen MR) is 134 cm³/mol. The van der Waals surface area contributed by atoms with Gasteiger partial charge in [0.05, 0.1) is 11.1 Å². The van der Waals surface area contributed by atoms with Gasteiger partial charge < -0.3 is 0 Å². The molecule has 0 amide bonds. The van der Waals surface area contributed by atoms with Crippen LogP contribution in [0.15, 0.2) is 85.5 Å². The Morgan fingerprint density at radius 1 is 0.722 bits per heavy atom. The monoisotopic (exact) mass is 490 g/mol. The van der Waals surface area contributed by atoms with Gasteiger partial charge >= 0.3 is 6.18 Å². The molecule has 4 aromatic rings. The Labute approximate surface area is 207 Å². The molecule has 36 heavy (non-hydrogen) atoms. The van der Waals surface area contributed by atoms with E-state index in [4.69, 9.17) is 0 Å². The minimum atomic E-state index is -4.78. The second-order valence-electron chi connectivity index (χ2n) is 8.57. The van der Waals surface area contributed by atoms with Crippen LogP contribution >= 0.6 is 0 Å². The standard InChI is InChI=1S/C31H23F5/c1-2-3-4-21-5-7-22(8-6-21)9-10-23-12-17-27-26(19-23)16-15-25(30(27)33)14-11-24-13-18-28(29(32)20-24)31(34,35)36/h2,5-8,12-13,15-20H,1,3-4,9-10H2. The average molecular weight is 491 g/mol. The maximum Gasteiger partial charge on any atom is 0.419 e. The van der Waals surface area contributed by atoms with Crippen LogP contribution in [-0.4, -0.2) is 0 Å². The lowest BCUT2D eigenvalue weighted by Gasteiger charge is -2.08. The van der Waals surface area contributed by atoms with Crippen LogP contribution in [0.25, 0.3) is 10.8 Å². The first-order chi connectivity index (χ1) is 17.2. The van der Waals surface area contributed by atoms with E-state index in [-0.39, 0.29) is 11.1 Å². The molecule has 0 aliphatic heterocycles. The number of rotatable bonds is 6. The van der Waals surface area contributed by atoms with Crippen LogP contribution in [0.2, 0.25) is 0 Å². The molecule has 0 bridgehead atoms. The first kappa shape index (κ1) is 25.2. The maximum absolute atomic E-state index is 15.0. The van der Waals surface area contributed by atoms with Crippen LogP contribution in [-0.2, 0) is 25.4 Å². The van der Waals surface area contributed by atoms with Crippen molar-refractivity contribution in [1.29, 1.82) is 0 Å². The van der Waals surface area contributed by atoms with Crippen molar-refractivity contribution in [2.75, 3.05) is 0 Å². The van der Waals surface area contributed by atoms with Crippen LogP contribution in [0.1, 0.15) is 39.8 Å². The van der Waals surface area contributed by atoms with E-state index in [2.05, 4.69) is 42.7 Å². The highest BCUT2D eigenvalue weighted by Gasteiger charge is 2.33. The smallest absolute Gasteiger partial charge is 0.206 e. The largest absolute Gasteiger partial charge is 0.419 e. The van der Waals surface area contributed by atoms with E-state index in [1.54, 1.807) is 12.1 Å². The zero-order valence-corrected chi connectivity index (χ0v) is 19.4. The summed E-state index contributed by atoms with van der Waals surface area (Å²) in [5, 5.41) is 1.13. The summed E-state index contributed by atoms with van der Waals surface area (Å²) in [6.07, 6.45) is 0.733. The molecule has 0 fully saturated rings. The van der Waals surface area contributed by atoms with Crippen molar-refractivity contribution < 1.29 is 22.0 Å². The molecule has 0 aliphatic rings. The zero-order chi connectivity index (χ0) is 25.7. The van der Waals surface area contributed by atoms with Gasteiger partial charge in [-0.3, -0.25) is 0 Å². The minimum Gasteiger partial charge on any atom is -0.206 e. The molecule has 0 nitrogen and oxygen atoms in total. The summed E-state index contributed by atoms with van der Waals surface area (Å²) in [5.74, 6) is 3.22. The summed E-state index contributed by atoms with van der Waals surface area (Å²) in [6.45, 7) is 3.75. The van der Waals surface area contributed by atoms with Crippen molar-refractivity contribution in [2.24, 2.45) is 0 Å². The van der Waals surface area contributed by atoms with Crippen LogP contribution < -0.4 is 0 Å². The van der Waals surface area contributed by atoms with Crippen LogP contribution in [0.3, 0.4) is 0 Å². The van der Waals surface area contributed by atoms with Gasteiger partial charge in [-0.1, -0.05) is 66.4 Å². The minimum absolute atomic E-state index is 0.0316. The summed E-state index contributed by atoms with van der Waals surface area (Å²) >= 11 is 0. The van der Waals surface area contributed by atoms with Gasteiger partial charge in [-0.15, -0.1) is 6.58 Å². The molecule has 0 aromatic heterocycles. The molecular formula is C31H23F5. The topological polar surface area (TPSA) is 0 Å². The molecule has 4 aromatic carbocycles. The number of allylic oxidation sites excluding steroid dienone is 1. The Balaban J connectivity index is 1.48. The van der Waals surface area contributed by atoms with E-state index in [1.807, 2.05) is 18.2 Å². The number of alkyl halides is 3. The van der Waals surface area contributed by atoms with E-state index < -0.39 is 23.4 Å². The van der Waals surface area contributed by atoms with Gasteiger partial charge in [-0.05, 0) is 72.0 Å². The lowest BCUT2D eigenvalue weighted by atomic mass is 9.98. The third kappa shape index (κ3) is 6.01. The number of hydrogen-bond acceptors (Lipinski definition) is 0. The first-order valence-corrected chi connectivity index (χ1v) is 11.5. The van der Waals surface area contributed by atoms with E-state index >= 15 is 4.39 Å². The van der Waals surface area contributed by atoms with Gasteiger partial charge in [0, 0.05) is 10.9 Å². The van der Waals surface area contributed by atoms with Crippen molar-refractivity contribution in [3.05, 3.63) is 130 Å². The van der Waals surface area contributed by atoms with Gasteiger partial charge in [-0.2, -0.15) is 13.2 Å². The molecule has 5 heteroatoms. The second kappa shape index (κ2) is 10.8. The second-order valence-corrected chi connectivity index (χ2v) is 8.57. The van der Waals surface area contributed by atoms with Crippen LogP contribution in [0.5, 0.6) is 0 Å². The summed E-state index contributed by atoms with van der Waals surface area (Å²) in [5.41, 5.74) is 2.35. The molecular weight excluding hydrogens is 467 g/mol. The molecule has 182 valence electrons. The molecule has 0 spiro atoms. The van der Waals surface area contributed by atoms with Gasteiger partial charge in [0.2, 0.25) is 0 Å². The van der Waals surface area contributed by atoms with Crippen molar-refractivity contribution in [3.63, 3.8) is 0 Å². The fourth-order valence-corrected chi connectivity index (χ4v) is 3.99. The first-order valence-electron chi connectivity index (χ1n) is 11.5. The van der Waals surface area contributed by atoms with Crippen molar-refractivity contribution in [1.82, 2.24) is 0 Å². The van der Waals surface area contributed by atoms with E-state index in [1.165, 1.54) is 17.2 Å². The number of hydrogen-bond donors (Lipinski definition) is 0. The normalized spacial score (nSPS) is 11.2. The van der Waals surface area contributed by atoms with Crippen molar-refractivity contribution >= 4 is 10.8 Å². The SMILES string of the molecule is C=CCCc1ccc(CCc2ccc3c(F)c(C#Cc4ccc(C(F)(F)F)c(F)c4)ccc3c2)cc1.